The molecule has 1 aliphatic heterocycles. The molecular weight excluding hydrogens is 288 g/mol. The van der Waals surface area contributed by atoms with Gasteiger partial charge >= 0.3 is 5.76 Å². The largest absolute Gasteiger partial charge is 0.491 e. The minimum atomic E-state index is -0.733. The van der Waals surface area contributed by atoms with Gasteiger partial charge in [0.15, 0.2) is 5.58 Å². The van der Waals surface area contributed by atoms with Gasteiger partial charge in [-0.25, -0.2) is 4.79 Å². The number of aromatic nitrogens is 1. The molecule has 2 heterocycles. The van der Waals surface area contributed by atoms with Crippen molar-refractivity contribution in [3.05, 3.63) is 28.7 Å². The summed E-state index contributed by atoms with van der Waals surface area (Å²) in [5.41, 5.74) is 0.864. The smallest absolute Gasteiger partial charge is 0.420 e. The monoisotopic (exact) mass is 304 g/mol. The number of hydrogen-bond donors (Lipinski definition) is 1. The first-order valence-electron chi connectivity index (χ1n) is 7.11. The second-order valence-corrected chi connectivity index (χ2v) is 5.50. The molecule has 1 aromatic carbocycles. The molecule has 1 fully saturated rings. The van der Waals surface area contributed by atoms with Gasteiger partial charge in [-0.05, 0) is 32.4 Å². The number of nitrogens with one attached hydrogen (secondary N) is 1. The third-order valence-electron chi connectivity index (χ3n) is 3.48. The molecule has 0 spiro atoms. The van der Waals surface area contributed by atoms with Crippen molar-refractivity contribution in [2.24, 2.45) is 0 Å². The fourth-order valence-electron chi connectivity index (χ4n) is 2.59. The molecule has 1 unspecified atom stereocenters. The van der Waals surface area contributed by atoms with E-state index in [4.69, 9.17) is 9.15 Å². The van der Waals surface area contributed by atoms with E-state index in [2.05, 4.69) is 5.32 Å². The fraction of sp³-hybridized carbons (Fsp3) is 0.400. The number of carbonyl (C=O) groups is 2. The zero-order valence-electron chi connectivity index (χ0n) is 12.3. The first-order chi connectivity index (χ1) is 10.5. The Morgan fingerprint density at radius 3 is 2.77 bits per heavy atom. The van der Waals surface area contributed by atoms with Gasteiger partial charge in [-0.2, -0.15) is 0 Å². The van der Waals surface area contributed by atoms with Crippen LogP contribution in [0.3, 0.4) is 0 Å². The Labute approximate surface area is 125 Å². The van der Waals surface area contributed by atoms with Gasteiger partial charge in [0.2, 0.25) is 11.8 Å². The van der Waals surface area contributed by atoms with Gasteiger partial charge in [0.25, 0.3) is 0 Å². The number of imide groups is 1. The van der Waals surface area contributed by atoms with Crippen LogP contribution in [0.25, 0.3) is 11.1 Å². The summed E-state index contributed by atoms with van der Waals surface area (Å²) in [6.07, 6.45) is 0.481. The standard InChI is InChI=1S/C15H16N2O5/c1-8(2)21-9-3-4-10-12(7-9)22-15(20)17(10)11-5-6-13(18)16-14(11)19/h3-4,7-8,11H,5-6H2,1-2H3,(H,16,18,19). The van der Waals surface area contributed by atoms with Crippen molar-refractivity contribution in [1.82, 2.24) is 9.88 Å². The van der Waals surface area contributed by atoms with Crippen LogP contribution >= 0.6 is 0 Å². The van der Waals surface area contributed by atoms with Crippen LogP contribution in [0.4, 0.5) is 0 Å². The number of nitrogens with zero attached hydrogens (tertiary/aromatic N) is 1. The second-order valence-electron chi connectivity index (χ2n) is 5.50. The number of hydrogen-bond acceptors (Lipinski definition) is 5. The SMILES string of the molecule is CC(C)Oc1ccc2c(c1)oc(=O)n2C1CCC(=O)NC1=O. The van der Waals surface area contributed by atoms with Gasteiger partial charge in [-0.1, -0.05) is 0 Å². The summed E-state index contributed by atoms with van der Waals surface area (Å²) >= 11 is 0. The van der Waals surface area contributed by atoms with Crippen LogP contribution in [-0.2, 0) is 9.59 Å². The zero-order valence-corrected chi connectivity index (χ0v) is 12.3. The zero-order chi connectivity index (χ0) is 15.9. The number of ether oxygens (including phenoxy) is 1. The normalized spacial score (nSPS) is 18.8. The average molecular weight is 304 g/mol. The number of carbonyl (C=O) groups excluding carboxylic acids is 2. The maximum atomic E-state index is 12.1. The van der Waals surface area contributed by atoms with E-state index in [1.165, 1.54) is 4.57 Å². The summed E-state index contributed by atoms with van der Waals surface area (Å²) in [4.78, 5) is 35.3. The Morgan fingerprint density at radius 2 is 2.09 bits per heavy atom. The molecule has 1 aliphatic rings. The fourth-order valence-corrected chi connectivity index (χ4v) is 2.59. The molecule has 116 valence electrons. The summed E-state index contributed by atoms with van der Waals surface area (Å²) in [5, 5.41) is 2.24. The predicted molar refractivity (Wildman–Crippen MR) is 77.7 cm³/mol. The number of rotatable bonds is 3. The van der Waals surface area contributed by atoms with E-state index in [-0.39, 0.29) is 24.9 Å². The molecule has 3 rings (SSSR count). The molecule has 7 heteroatoms. The molecule has 22 heavy (non-hydrogen) atoms. The van der Waals surface area contributed by atoms with Gasteiger partial charge in [0.05, 0.1) is 11.6 Å². The molecule has 7 nitrogen and oxygen atoms in total. The number of piperidine rings is 1. The number of oxazole rings is 1. The lowest BCUT2D eigenvalue weighted by Crippen LogP contribution is -2.43. The molecule has 2 aromatic rings. The summed E-state index contributed by atoms with van der Waals surface area (Å²) in [6.45, 7) is 3.80. The molecule has 0 bridgehead atoms. The molecule has 1 aromatic heterocycles. The van der Waals surface area contributed by atoms with Crippen molar-refractivity contribution < 1.29 is 18.7 Å². The van der Waals surface area contributed by atoms with Crippen LogP contribution in [0, 0.1) is 0 Å². The highest BCUT2D eigenvalue weighted by molar-refractivity contribution is 6.00. The summed E-state index contributed by atoms with van der Waals surface area (Å²) < 4.78 is 12.1. The summed E-state index contributed by atoms with van der Waals surface area (Å²) in [7, 11) is 0. The van der Waals surface area contributed by atoms with Crippen molar-refractivity contribution in [1.29, 1.82) is 0 Å². The van der Waals surface area contributed by atoms with E-state index >= 15 is 0 Å². The lowest BCUT2D eigenvalue weighted by molar-refractivity contribution is -0.135. The van der Waals surface area contributed by atoms with Gasteiger partial charge in [-0.15, -0.1) is 0 Å². The molecule has 1 saturated heterocycles. The van der Waals surface area contributed by atoms with Crippen molar-refractivity contribution in [3.63, 3.8) is 0 Å². The molecule has 1 atom stereocenters. The van der Waals surface area contributed by atoms with Crippen molar-refractivity contribution >= 4 is 22.9 Å². The van der Waals surface area contributed by atoms with E-state index in [1.54, 1.807) is 18.2 Å². The highest BCUT2D eigenvalue weighted by Gasteiger charge is 2.31. The molecule has 1 N–H and O–H groups in total. The van der Waals surface area contributed by atoms with Crippen LogP contribution < -0.4 is 15.8 Å². The maximum absolute atomic E-state index is 12.1. The van der Waals surface area contributed by atoms with Crippen molar-refractivity contribution in [2.75, 3.05) is 0 Å². The third-order valence-corrected chi connectivity index (χ3v) is 3.48. The van der Waals surface area contributed by atoms with Crippen LogP contribution in [0.15, 0.2) is 27.4 Å². The van der Waals surface area contributed by atoms with E-state index in [9.17, 15) is 14.4 Å². The highest BCUT2D eigenvalue weighted by atomic mass is 16.5. The van der Waals surface area contributed by atoms with E-state index in [0.717, 1.165) is 0 Å². The highest BCUT2D eigenvalue weighted by Crippen LogP contribution is 2.26. The lowest BCUT2D eigenvalue weighted by Gasteiger charge is -2.21. The maximum Gasteiger partial charge on any atom is 0.420 e. The second kappa shape index (κ2) is 5.32. The van der Waals surface area contributed by atoms with Crippen LogP contribution in [0.1, 0.15) is 32.7 Å². The quantitative estimate of drug-likeness (QED) is 0.865. The first-order valence-corrected chi connectivity index (χ1v) is 7.11. The Kier molecular flexibility index (Phi) is 3.48. The predicted octanol–water partition coefficient (Wildman–Crippen LogP) is 1.36. The molecule has 2 amide bonds. The van der Waals surface area contributed by atoms with Crippen molar-refractivity contribution in [2.45, 2.75) is 38.8 Å². The lowest BCUT2D eigenvalue weighted by atomic mass is 10.1. The Morgan fingerprint density at radius 1 is 1.32 bits per heavy atom. The van der Waals surface area contributed by atoms with Crippen LogP contribution in [0.5, 0.6) is 5.75 Å². The van der Waals surface area contributed by atoms with Crippen LogP contribution in [-0.4, -0.2) is 22.5 Å². The van der Waals surface area contributed by atoms with Crippen LogP contribution in [0.2, 0.25) is 0 Å². The third kappa shape index (κ3) is 2.49. The van der Waals surface area contributed by atoms with Gasteiger partial charge < -0.3 is 9.15 Å². The number of benzene rings is 1. The Bertz CT molecular complexity index is 802. The van der Waals surface area contributed by atoms with Gasteiger partial charge in [-0.3, -0.25) is 19.5 Å². The molecule has 0 radical (unpaired) electrons. The first kappa shape index (κ1) is 14.4. The average Bonchev–Trinajstić information content (AvgIpc) is 2.73. The minimum Gasteiger partial charge on any atom is -0.491 e. The van der Waals surface area contributed by atoms with E-state index in [1.807, 2.05) is 13.8 Å². The molecular formula is C15H16N2O5. The van der Waals surface area contributed by atoms with Gasteiger partial charge in [0.1, 0.15) is 11.8 Å². The summed E-state index contributed by atoms with van der Waals surface area (Å²) in [5.74, 6) is -0.837. The van der Waals surface area contributed by atoms with Crippen molar-refractivity contribution in [3.8, 4) is 5.75 Å². The number of fused-ring (bicyclic) bond motifs is 1. The molecule has 0 saturated carbocycles. The van der Waals surface area contributed by atoms with Gasteiger partial charge in [0, 0.05) is 12.5 Å². The Hall–Kier alpha value is -2.57. The minimum absolute atomic E-state index is 0.00129. The topological polar surface area (TPSA) is 90.5 Å². The molecule has 0 aliphatic carbocycles. The Balaban J connectivity index is 2.03. The van der Waals surface area contributed by atoms with E-state index in [0.29, 0.717) is 16.8 Å². The van der Waals surface area contributed by atoms with E-state index < -0.39 is 17.7 Å². The number of amides is 2. The summed E-state index contributed by atoms with van der Waals surface area (Å²) in [6, 6.07) is 4.30.